The number of nitrogens with two attached hydrogens (primary N) is 1. The van der Waals surface area contributed by atoms with E-state index in [-0.39, 0.29) is 17.8 Å². The van der Waals surface area contributed by atoms with Crippen LogP contribution in [0, 0.1) is 10.1 Å². The second kappa shape index (κ2) is 7.06. The van der Waals surface area contributed by atoms with Gasteiger partial charge in [0.25, 0.3) is 16.9 Å². The highest BCUT2D eigenvalue weighted by atomic mass is 16.6. The summed E-state index contributed by atoms with van der Waals surface area (Å²) in [6, 6.07) is 16.6. The van der Waals surface area contributed by atoms with Gasteiger partial charge in [-0.25, -0.2) is 4.57 Å². The zero-order valence-corrected chi connectivity index (χ0v) is 16.1. The molecule has 5 rings (SSSR count). The van der Waals surface area contributed by atoms with Crippen LogP contribution in [0.2, 0.25) is 0 Å². The van der Waals surface area contributed by atoms with E-state index in [2.05, 4.69) is 4.98 Å². The van der Waals surface area contributed by atoms with Crippen LogP contribution in [0.5, 0.6) is 0 Å². The number of pyridine rings is 2. The molecule has 0 saturated carbocycles. The van der Waals surface area contributed by atoms with Gasteiger partial charge in [-0.3, -0.25) is 19.3 Å². The second-order valence-electron chi connectivity index (χ2n) is 7.00. The van der Waals surface area contributed by atoms with E-state index < -0.39 is 4.92 Å². The van der Waals surface area contributed by atoms with Crippen molar-refractivity contribution in [3.63, 3.8) is 0 Å². The summed E-state index contributed by atoms with van der Waals surface area (Å²) in [4.78, 5) is 28.4. The van der Waals surface area contributed by atoms with E-state index in [1.54, 1.807) is 59.5 Å². The van der Waals surface area contributed by atoms with Gasteiger partial charge in [-0.15, -0.1) is 0 Å². The highest BCUT2D eigenvalue weighted by molar-refractivity contribution is 5.84. The Balaban J connectivity index is 1.83. The Hall–Kier alpha value is -4.53. The average Bonchev–Trinajstić information content (AvgIpc) is 3.29. The topological polar surface area (TPSA) is 121 Å². The SMILES string of the molecule is Nc1c(-c2ccc([N+](=O)[O-])cc2)cc2c(=O)n3ccccc3nc2[n+]1Cc1ccco1. The van der Waals surface area contributed by atoms with Gasteiger partial charge in [-0.1, -0.05) is 11.1 Å². The van der Waals surface area contributed by atoms with Gasteiger partial charge in [-0.2, -0.15) is 0 Å². The van der Waals surface area contributed by atoms with E-state index in [0.717, 1.165) is 0 Å². The highest BCUT2D eigenvalue weighted by Crippen LogP contribution is 2.28. The molecule has 0 atom stereocenters. The molecule has 2 N–H and O–H groups in total. The standard InChI is InChI=1S/C22H15N5O4/c23-20-17(14-6-8-15(9-7-14)27(29)30)12-18-21(26(20)13-16-4-3-11-31-16)24-19-5-1-2-10-25(19)22(18)28/h1-12,23H,13H2/p+1. The summed E-state index contributed by atoms with van der Waals surface area (Å²) in [5, 5.41) is 11.4. The maximum absolute atomic E-state index is 13.2. The first-order chi connectivity index (χ1) is 15.0. The zero-order chi connectivity index (χ0) is 21.5. The summed E-state index contributed by atoms with van der Waals surface area (Å²) in [6.07, 6.45) is 3.22. The summed E-state index contributed by atoms with van der Waals surface area (Å²) in [5.74, 6) is 1.01. The van der Waals surface area contributed by atoms with E-state index in [0.29, 0.717) is 39.4 Å². The van der Waals surface area contributed by atoms with Gasteiger partial charge in [0.2, 0.25) is 11.5 Å². The van der Waals surface area contributed by atoms with E-state index >= 15 is 0 Å². The van der Waals surface area contributed by atoms with Crippen LogP contribution < -0.4 is 15.9 Å². The molecule has 0 aliphatic heterocycles. The number of non-ortho nitro benzene ring substituents is 1. The van der Waals surface area contributed by atoms with Crippen molar-refractivity contribution in [3.8, 4) is 11.1 Å². The number of nitro benzene ring substituents is 1. The molecule has 1 aromatic carbocycles. The number of nitro groups is 1. The largest absolute Gasteiger partial charge is 0.466 e. The first-order valence-corrected chi connectivity index (χ1v) is 9.43. The molecule has 0 fully saturated rings. The normalized spacial score (nSPS) is 11.2. The molecule has 0 bridgehead atoms. The third-order valence-electron chi connectivity index (χ3n) is 5.14. The Kier molecular flexibility index (Phi) is 4.21. The number of benzene rings is 1. The van der Waals surface area contributed by atoms with E-state index in [4.69, 9.17) is 10.2 Å². The Bertz CT molecular complexity index is 1510. The van der Waals surface area contributed by atoms with Gasteiger partial charge >= 0.3 is 0 Å². The van der Waals surface area contributed by atoms with E-state index in [1.165, 1.54) is 16.5 Å². The number of aromatic nitrogens is 3. The molecular formula is C22H16N5O4+. The second-order valence-corrected chi connectivity index (χ2v) is 7.00. The lowest BCUT2D eigenvalue weighted by Crippen LogP contribution is -2.41. The lowest BCUT2D eigenvalue weighted by molar-refractivity contribution is -0.651. The van der Waals surface area contributed by atoms with Crippen molar-refractivity contribution in [3.05, 3.63) is 99.4 Å². The van der Waals surface area contributed by atoms with Crippen LogP contribution in [0.3, 0.4) is 0 Å². The van der Waals surface area contributed by atoms with Crippen LogP contribution in [0.25, 0.3) is 27.8 Å². The fraction of sp³-hybridized carbons (Fsp3) is 0.0455. The number of rotatable bonds is 4. The lowest BCUT2D eigenvalue weighted by atomic mass is 10.0. The number of anilines is 1. The Morgan fingerprint density at radius 3 is 2.65 bits per heavy atom. The Morgan fingerprint density at radius 2 is 1.94 bits per heavy atom. The summed E-state index contributed by atoms with van der Waals surface area (Å²) in [5.41, 5.74) is 8.41. The maximum atomic E-state index is 13.2. The van der Waals surface area contributed by atoms with Gasteiger partial charge < -0.3 is 10.2 Å². The van der Waals surface area contributed by atoms with Crippen molar-refractivity contribution in [2.24, 2.45) is 0 Å². The van der Waals surface area contributed by atoms with Crippen LogP contribution in [-0.4, -0.2) is 14.3 Å². The fourth-order valence-corrected chi connectivity index (χ4v) is 3.61. The minimum atomic E-state index is -0.465. The monoisotopic (exact) mass is 414 g/mol. The highest BCUT2D eigenvalue weighted by Gasteiger charge is 2.23. The van der Waals surface area contributed by atoms with Gasteiger partial charge in [-0.05, 0) is 48.0 Å². The lowest BCUT2D eigenvalue weighted by Gasteiger charge is -2.11. The average molecular weight is 414 g/mol. The molecule has 9 heteroatoms. The number of furan rings is 1. The van der Waals surface area contributed by atoms with Gasteiger partial charge in [0.15, 0.2) is 0 Å². The van der Waals surface area contributed by atoms with Crippen LogP contribution in [0.15, 0.2) is 82.3 Å². The summed E-state index contributed by atoms with van der Waals surface area (Å²) in [7, 11) is 0. The first kappa shape index (κ1) is 18.5. The van der Waals surface area contributed by atoms with Crippen molar-refractivity contribution in [1.29, 1.82) is 0 Å². The molecule has 0 aliphatic rings. The molecule has 4 aromatic heterocycles. The minimum Gasteiger partial charge on any atom is -0.466 e. The van der Waals surface area contributed by atoms with Crippen molar-refractivity contribution in [1.82, 2.24) is 9.38 Å². The van der Waals surface area contributed by atoms with Crippen molar-refractivity contribution >= 4 is 28.2 Å². The number of fused-ring (bicyclic) bond motifs is 2. The van der Waals surface area contributed by atoms with Crippen LogP contribution in [0.4, 0.5) is 11.5 Å². The Labute approximate surface area is 174 Å². The molecule has 31 heavy (non-hydrogen) atoms. The quantitative estimate of drug-likeness (QED) is 0.209. The number of hydrogen-bond acceptors (Lipinski definition) is 6. The van der Waals surface area contributed by atoms with Gasteiger partial charge in [0, 0.05) is 18.3 Å². The number of nitrogen functional groups attached to an aromatic ring is 1. The molecule has 0 radical (unpaired) electrons. The summed E-state index contributed by atoms with van der Waals surface area (Å²) >= 11 is 0. The molecule has 0 unspecified atom stereocenters. The number of nitrogens with zero attached hydrogens (tertiary/aromatic N) is 4. The third-order valence-corrected chi connectivity index (χ3v) is 5.14. The minimum absolute atomic E-state index is 0.0284. The predicted molar refractivity (Wildman–Crippen MR) is 113 cm³/mol. The van der Waals surface area contributed by atoms with Crippen LogP contribution in [-0.2, 0) is 6.54 Å². The first-order valence-electron chi connectivity index (χ1n) is 9.43. The van der Waals surface area contributed by atoms with E-state index in [9.17, 15) is 14.9 Å². The third kappa shape index (κ3) is 3.08. The molecule has 0 aliphatic carbocycles. The molecule has 0 spiro atoms. The molecule has 4 heterocycles. The summed E-state index contributed by atoms with van der Waals surface area (Å²) in [6.45, 7) is 0.269. The maximum Gasteiger partial charge on any atom is 0.278 e. The molecular weight excluding hydrogens is 398 g/mol. The molecule has 152 valence electrons. The summed E-state index contributed by atoms with van der Waals surface area (Å²) < 4.78 is 8.67. The zero-order valence-electron chi connectivity index (χ0n) is 16.1. The number of hydrogen-bond donors (Lipinski definition) is 1. The van der Waals surface area contributed by atoms with Gasteiger partial charge in [0.05, 0.1) is 16.7 Å². The van der Waals surface area contributed by atoms with Crippen molar-refractivity contribution < 1.29 is 13.9 Å². The van der Waals surface area contributed by atoms with Crippen molar-refractivity contribution in [2.45, 2.75) is 6.54 Å². The smallest absolute Gasteiger partial charge is 0.278 e. The van der Waals surface area contributed by atoms with Crippen LogP contribution >= 0.6 is 0 Å². The Morgan fingerprint density at radius 1 is 1.13 bits per heavy atom. The van der Waals surface area contributed by atoms with Gasteiger partial charge in [0.1, 0.15) is 17.7 Å². The molecule has 0 amide bonds. The van der Waals surface area contributed by atoms with E-state index in [1.807, 2.05) is 6.07 Å². The predicted octanol–water partition coefficient (Wildman–Crippen LogP) is 2.93. The molecule has 5 aromatic rings. The molecule has 9 nitrogen and oxygen atoms in total. The van der Waals surface area contributed by atoms with Crippen molar-refractivity contribution in [2.75, 3.05) is 5.73 Å². The molecule has 0 saturated heterocycles. The fourth-order valence-electron chi connectivity index (χ4n) is 3.61. The van der Waals surface area contributed by atoms with Crippen LogP contribution in [0.1, 0.15) is 5.76 Å².